The van der Waals surface area contributed by atoms with Crippen LogP contribution in [0.5, 0.6) is 0 Å². The number of carbonyl (C=O) groups is 1. The zero-order valence-electron chi connectivity index (χ0n) is 19.1. The van der Waals surface area contributed by atoms with Crippen LogP contribution in [0.15, 0.2) is 64.9 Å². The molecular formula is C25H26N4O3S2. The molecule has 0 fully saturated rings. The summed E-state index contributed by atoms with van der Waals surface area (Å²) >= 11 is 1.67. The molecule has 1 atom stereocenters. The minimum absolute atomic E-state index is 0.132. The monoisotopic (exact) mass is 494 g/mol. The number of para-hydroxylation sites is 2. The summed E-state index contributed by atoms with van der Waals surface area (Å²) in [4.78, 5) is 19.2. The molecule has 1 aliphatic heterocycles. The predicted octanol–water partition coefficient (Wildman–Crippen LogP) is 4.36. The van der Waals surface area contributed by atoms with Crippen molar-refractivity contribution < 1.29 is 13.2 Å². The standard InChI is InChI=1S/C25H26N4O3S2/c1-3-29-22-10-5-4-9-21(22)27-24(29)17(2)26-25(30)18-7-6-8-20(15-18)34(31,32)28-13-11-23-19(16-28)12-14-33-23/h4-10,12,14-15,17H,3,11,13,16H2,1-2H3,(H,26,30). The molecule has 4 aromatic rings. The molecule has 2 aromatic heterocycles. The minimum atomic E-state index is -3.71. The number of aryl methyl sites for hydroxylation is 1. The maximum Gasteiger partial charge on any atom is 0.251 e. The molecular weight excluding hydrogens is 468 g/mol. The molecule has 176 valence electrons. The van der Waals surface area contributed by atoms with Gasteiger partial charge in [0.05, 0.1) is 22.0 Å². The number of hydrogen-bond donors (Lipinski definition) is 1. The van der Waals surface area contributed by atoms with Crippen LogP contribution in [-0.4, -0.2) is 34.7 Å². The topological polar surface area (TPSA) is 84.3 Å². The number of hydrogen-bond acceptors (Lipinski definition) is 5. The van der Waals surface area contributed by atoms with Gasteiger partial charge in [-0.15, -0.1) is 11.3 Å². The summed E-state index contributed by atoms with van der Waals surface area (Å²) in [7, 11) is -3.71. The average molecular weight is 495 g/mol. The van der Waals surface area contributed by atoms with Gasteiger partial charge in [-0.2, -0.15) is 4.31 Å². The molecule has 0 saturated heterocycles. The van der Waals surface area contributed by atoms with Crippen LogP contribution in [0.1, 0.15) is 46.5 Å². The average Bonchev–Trinajstić information content (AvgIpc) is 3.48. The molecule has 1 unspecified atom stereocenters. The van der Waals surface area contributed by atoms with E-state index in [2.05, 4.69) is 9.88 Å². The van der Waals surface area contributed by atoms with Gasteiger partial charge in [0.15, 0.2) is 0 Å². The fourth-order valence-corrected chi connectivity index (χ4v) is 6.83. The number of nitrogens with zero attached hydrogens (tertiary/aromatic N) is 3. The molecule has 2 aromatic carbocycles. The lowest BCUT2D eigenvalue weighted by atomic mass is 10.1. The zero-order valence-corrected chi connectivity index (χ0v) is 20.7. The first-order valence-corrected chi connectivity index (χ1v) is 13.6. The molecule has 1 amide bonds. The number of carbonyl (C=O) groups excluding carboxylic acids is 1. The summed E-state index contributed by atoms with van der Waals surface area (Å²) < 4.78 is 30.2. The van der Waals surface area contributed by atoms with E-state index in [-0.39, 0.29) is 16.8 Å². The van der Waals surface area contributed by atoms with Crippen molar-refractivity contribution in [2.24, 2.45) is 0 Å². The molecule has 0 radical (unpaired) electrons. The number of imidazole rings is 1. The molecule has 3 heterocycles. The van der Waals surface area contributed by atoms with Crippen molar-refractivity contribution in [2.45, 2.75) is 44.3 Å². The van der Waals surface area contributed by atoms with Crippen LogP contribution < -0.4 is 5.32 Å². The van der Waals surface area contributed by atoms with Gasteiger partial charge < -0.3 is 9.88 Å². The van der Waals surface area contributed by atoms with Gasteiger partial charge in [-0.25, -0.2) is 13.4 Å². The second-order valence-electron chi connectivity index (χ2n) is 8.38. The van der Waals surface area contributed by atoms with Crippen molar-refractivity contribution in [2.75, 3.05) is 6.54 Å². The third-order valence-corrected chi connectivity index (χ3v) is 9.11. The Hall–Kier alpha value is -3.01. The third-order valence-electron chi connectivity index (χ3n) is 6.24. The van der Waals surface area contributed by atoms with Crippen molar-refractivity contribution in [3.63, 3.8) is 0 Å². The minimum Gasteiger partial charge on any atom is -0.342 e. The normalized spacial score (nSPS) is 15.2. The summed E-state index contributed by atoms with van der Waals surface area (Å²) in [6, 6.07) is 15.8. The van der Waals surface area contributed by atoms with E-state index in [1.807, 2.05) is 49.6 Å². The summed E-state index contributed by atoms with van der Waals surface area (Å²) in [6.45, 7) is 5.46. The van der Waals surface area contributed by atoms with E-state index >= 15 is 0 Å². The number of nitrogens with one attached hydrogen (secondary N) is 1. The lowest BCUT2D eigenvalue weighted by Crippen LogP contribution is -2.35. The van der Waals surface area contributed by atoms with E-state index in [0.717, 1.165) is 29.0 Å². The Bertz CT molecular complexity index is 1470. The Morgan fingerprint density at radius 3 is 2.82 bits per heavy atom. The van der Waals surface area contributed by atoms with E-state index in [9.17, 15) is 13.2 Å². The molecule has 0 bridgehead atoms. The van der Waals surface area contributed by atoms with Crippen molar-refractivity contribution in [3.05, 3.63) is 81.8 Å². The van der Waals surface area contributed by atoms with Crippen molar-refractivity contribution >= 4 is 38.3 Å². The Kier molecular flexibility index (Phi) is 6.01. The van der Waals surface area contributed by atoms with Gasteiger partial charge in [-0.05, 0) is 67.6 Å². The highest BCUT2D eigenvalue weighted by Gasteiger charge is 2.29. The van der Waals surface area contributed by atoms with E-state index in [0.29, 0.717) is 25.1 Å². The summed E-state index contributed by atoms with van der Waals surface area (Å²) in [5, 5.41) is 4.99. The third kappa shape index (κ3) is 4.04. The van der Waals surface area contributed by atoms with Crippen LogP contribution in [0.25, 0.3) is 11.0 Å². The first kappa shape index (κ1) is 22.8. The highest BCUT2D eigenvalue weighted by Crippen LogP contribution is 2.28. The van der Waals surface area contributed by atoms with Crippen LogP contribution in [0.3, 0.4) is 0 Å². The van der Waals surface area contributed by atoms with Crippen LogP contribution in [-0.2, 0) is 29.5 Å². The quantitative estimate of drug-likeness (QED) is 0.432. The second-order valence-corrected chi connectivity index (χ2v) is 11.3. The van der Waals surface area contributed by atoms with Crippen LogP contribution in [0, 0.1) is 0 Å². The largest absolute Gasteiger partial charge is 0.342 e. The number of aromatic nitrogens is 2. The highest BCUT2D eigenvalue weighted by atomic mass is 32.2. The summed E-state index contributed by atoms with van der Waals surface area (Å²) in [5.41, 5.74) is 3.26. The lowest BCUT2D eigenvalue weighted by molar-refractivity contribution is 0.0937. The van der Waals surface area contributed by atoms with Gasteiger partial charge in [0.2, 0.25) is 10.0 Å². The maximum absolute atomic E-state index is 13.3. The number of benzene rings is 2. The highest BCUT2D eigenvalue weighted by molar-refractivity contribution is 7.89. The van der Waals surface area contributed by atoms with E-state index in [1.54, 1.807) is 29.5 Å². The van der Waals surface area contributed by atoms with Crippen molar-refractivity contribution in [1.82, 2.24) is 19.2 Å². The Morgan fingerprint density at radius 2 is 2.00 bits per heavy atom. The Balaban J connectivity index is 1.37. The number of fused-ring (bicyclic) bond motifs is 2. The van der Waals surface area contributed by atoms with Gasteiger partial charge in [-0.3, -0.25) is 4.79 Å². The van der Waals surface area contributed by atoms with Gasteiger partial charge in [-0.1, -0.05) is 18.2 Å². The van der Waals surface area contributed by atoms with Crippen LogP contribution in [0.2, 0.25) is 0 Å². The van der Waals surface area contributed by atoms with Crippen LogP contribution in [0.4, 0.5) is 0 Å². The first-order chi connectivity index (χ1) is 16.4. The molecule has 1 N–H and O–H groups in total. The number of amides is 1. The van der Waals surface area contributed by atoms with Gasteiger partial charge in [0.1, 0.15) is 5.82 Å². The Labute approximate surface area is 203 Å². The molecule has 0 aliphatic carbocycles. The Morgan fingerprint density at radius 1 is 1.18 bits per heavy atom. The number of rotatable bonds is 6. The number of thiophene rings is 1. The smallest absolute Gasteiger partial charge is 0.251 e. The van der Waals surface area contributed by atoms with Crippen LogP contribution >= 0.6 is 11.3 Å². The molecule has 34 heavy (non-hydrogen) atoms. The van der Waals surface area contributed by atoms with E-state index < -0.39 is 10.0 Å². The van der Waals surface area contributed by atoms with Crippen molar-refractivity contribution in [3.8, 4) is 0 Å². The summed E-state index contributed by atoms with van der Waals surface area (Å²) in [5.74, 6) is 0.429. The second kappa shape index (κ2) is 8.98. The molecule has 5 rings (SSSR count). The van der Waals surface area contributed by atoms with Gasteiger partial charge in [0, 0.05) is 30.1 Å². The van der Waals surface area contributed by atoms with E-state index in [4.69, 9.17) is 4.98 Å². The molecule has 0 saturated carbocycles. The van der Waals surface area contributed by atoms with Gasteiger partial charge >= 0.3 is 0 Å². The molecule has 0 spiro atoms. The fraction of sp³-hybridized carbons (Fsp3) is 0.280. The molecule has 1 aliphatic rings. The van der Waals surface area contributed by atoms with Crippen molar-refractivity contribution in [1.29, 1.82) is 0 Å². The maximum atomic E-state index is 13.3. The molecule has 9 heteroatoms. The summed E-state index contributed by atoms with van der Waals surface area (Å²) in [6.07, 6.45) is 0.711. The van der Waals surface area contributed by atoms with Gasteiger partial charge in [0.25, 0.3) is 5.91 Å². The first-order valence-electron chi connectivity index (χ1n) is 11.3. The lowest BCUT2D eigenvalue weighted by Gasteiger charge is -2.26. The fourth-order valence-electron chi connectivity index (χ4n) is 4.48. The number of sulfonamides is 1. The SMILES string of the molecule is CCn1c(C(C)NC(=O)c2cccc(S(=O)(=O)N3CCc4sccc4C3)c2)nc2ccccc21. The zero-order chi connectivity index (χ0) is 23.9. The van der Waals surface area contributed by atoms with E-state index in [1.165, 1.54) is 15.2 Å². The molecule has 7 nitrogen and oxygen atoms in total. The predicted molar refractivity (Wildman–Crippen MR) is 133 cm³/mol.